The second-order valence-corrected chi connectivity index (χ2v) is 7.53. The van der Waals surface area contributed by atoms with Crippen LogP contribution in [0, 0.1) is 13.8 Å². The van der Waals surface area contributed by atoms with E-state index in [0.29, 0.717) is 10.7 Å². The van der Waals surface area contributed by atoms with Gasteiger partial charge >= 0.3 is 0 Å². The summed E-state index contributed by atoms with van der Waals surface area (Å²) in [6.45, 7) is 3.92. The number of hydrogen-bond acceptors (Lipinski definition) is 6. The number of nitrogens with one attached hydrogen (secondary N) is 2. The van der Waals surface area contributed by atoms with Crippen LogP contribution in [0.25, 0.3) is 0 Å². The Morgan fingerprint density at radius 3 is 2.86 bits per heavy atom. The summed E-state index contributed by atoms with van der Waals surface area (Å²) in [7, 11) is 0. The second kappa shape index (κ2) is 8.71. The molecule has 1 unspecified atom stereocenters. The normalized spacial score (nSPS) is 17.9. The maximum absolute atomic E-state index is 12.3. The molecule has 0 radical (unpaired) electrons. The number of rotatable bonds is 5. The van der Waals surface area contributed by atoms with E-state index in [1.807, 2.05) is 32.0 Å². The molecule has 1 atom stereocenters. The number of phenols is 1. The van der Waals surface area contributed by atoms with Gasteiger partial charge in [-0.1, -0.05) is 36.0 Å². The third-order valence-corrected chi connectivity index (χ3v) is 5.32. The van der Waals surface area contributed by atoms with E-state index in [1.165, 1.54) is 18.0 Å². The Bertz CT molecular complexity index is 972. The van der Waals surface area contributed by atoms with Crippen LogP contribution in [0.3, 0.4) is 0 Å². The van der Waals surface area contributed by atoms with Gasteiger partial charge in [0.15, 0.2) is 5.17 Å². The Kier molecular flexibility index (Phi) is 6.10. The van der Waals surface area contributed by atoms with Crippen molar-refractivity contribution in [3.05, 3.63) is 59.2 Å². The molecule has 1 heterocycles. The summed E-state index contributed by atoms with van der Waals surface area (Å²) in [5.41, 5.74) is 3.52. The molecule has 1 aliphatic heterocycles. The van der Waals surface area contributed by atoms with Crippen LogP contribution < -0.4 is 10.6 Å². The minimum absolute atomic E-state index is 0.0408. The van der Waals surface area contributed by atoms with Gasteiger partial charge in [-0.25, -0.2) is 0 Å². The number of benzene rings is 2. The number of hydrogen-bond donors (Lipinski definition) is 3. The van der Waals surface area contributed by atoms with Crippen molar-refractivity contribution in [2.45, 2.75) is 25.5 Å². The van der Waals surface area contributed by atoms with Gasteiger partial charge in [-0.3, -0.25) is 9.59 Å². The number of anilines is 1. The van der Waals surface area contributed by atoms with Crippen LogP contribution in [-0.4, -0.2) is 33.6 Å². The molecular formula is C20H20N4O3S. The lowest BCUT2D eigenvalue weighted by Gasteiger charge is -2.11. The van der Waals surface area contributed by atoms with Crippen LogP contribution in [0.15, 0.2) is 52.7 Å². The fourth-order valence-corrected chi connectivity index (χ4v) is 3.52. The average molecular weight is 396 g/mol. The molecule has 144 valence electrons. The van der Waals surface area contributed by atoms with E-state index < -0.39 is 5.25 Å². The first-order valence-electron chi connectivity index (χ1n) is 8.66. The standard InChI is InChI=1S/C20H20N4O3S/c1-12-5-3-8-16(13(12)2)22-18(26)10-17-19(27)23-20(28-17)24-21-11-14-6-4-7-15(25)9-14/h3-9,11,17,25H,10H2,1-2H3,(H,22,26)(H,23,24,27)/b21-11-. The quantitative estimate of drug-likeness (QED) is 0.534. The number of aryl methyl sites for hydroxylation is 1. The van der Waals surface area contributed by atoms with Crippen molar-refractivity contribution in [2.24, 2.45) is 10.2 Å². The highest BCUT2D eigenvalue weighted by molar-refractivity contribution is 8.15. The molecule has 1 aliphatic rings. The molecule has 1 saturated heterocycles. The number of nitrogens with zero attached hydrogens (tertiary/aromatic N) is 2. The summed E-state index contributed by atoms with van der Waals surface area (Å²) in [5.74, 6) is -0.367. The molecule has 3 N–H and O–H groups in total. The van der Waals surface area contributed by atoms with E-state index in [1.54, 1.807) is 24.3 Å². The van der Waals surface area contributed by atoms with E-state index in [2.05, 4.69) is 20.8 Å². The Morgan fingerprint density at radius 2 is 2.07 bits per heavy atom. The van der Waals surface area contributed by atoms with Gasteiger partial charge in [-0.05, 0) is 48.7 Å². The zero-order valence-electron chi connectivity index (χ0n) is 15.5. The Balaban J connectivity index is 1.58. The van der Waals surface area contributed by atoms with Gasteiger partial charge in [0.25, 0.3) is 0 Å². The molecule has 28 heavy (non-hydrogen) atoms. The van der Waals surface area contributed by atoms with E-state index in [9.17, 15) is 14.7 Å². The van der Waals surface area contributed by atoms with Crippen molar-refractivity contribution in [1.82, 2.24) is 5.32 Å². The monoisotopic (exact) mass is 396 g/mol. The van der Waals surface area contributed by atoms with Gasteiger partial charge < -0.3 is 15.7 Å². The molecular weight excluding hydrogens is 376 g/mol. The Morgan fingerprint density at radius 1 is 1.29 bits per heavy atom. The number of aromatic hydroxyl groups is 1. The predicted molar refractivity (Wildman–Crippen MR) is 112 cm³/mol. The summed E-state index contributed by atoms with van der Waals surface area (Å²) in [4.78, 5) is 24.4. The first-order chi connectivity index (χ1) is 13.4. The van der Waals surface area contributed by atoms with Crippen molar-refractivity contribution in [3.8, 4) is 5.75 Å². The van der Waals surface area contributed by atoms with Gasteiger partial charge in [0.2, 0.25) is 11.8 Å². The molecule has 8 heteroatoms. The van der Waals surface area contributed by atoms with Crippen LogP contribution >= 0.6 is 11.8 Å². The molecule has 2 aromatic rings. The molecule has 1 fully saturated rings. The van der Waals surface area contributed by atoms with Gasteiger partial charge in [-0.15, -0.1) is 5.10 Å². The van der Waals surface area contributed by atoms with Crippen molar-refractivity contribution >= 4 is 40.6 Å². The summed E-state index contributed by atoms with van der Waals surface area (Å²) < 4.78 is 0. The highest BCUT2D eigenvalue weighted by Crippen LogP contribution is 2.24. The number of amidine groups is 1. The van der Waals surface area contributed by atoms with Crippen LogP contribution in [-0.2, 0) is 9.59 Å². The summed E-state index contributed by atoms with van der Waals surface area (Å²) in [5, 5.41) is 22.6. The highest BCUT2D eigenvalue weighted by atomic mass is 32.2. The molecule has 7 nitrogen and oxygen atoms in total. The van der Waals surface area contributed by atoms with Crippen LogP contribution in [0.4, 0.5) is 5.69 Å². The van der Waals surface area contributed by atoms with E-state index in [-0.39, 0.29) is 24.0 Å². The fourth-order valence-electron chi connectivity index (χ4n) is 2.60. The zero-order valence-corrected chi connectivity index (χ0v) is 16.3. The number of carbonyl (C=O) groups excluding carboxylic acids is 2. The van der Waals surface area contributed by atoms with Crippen molar-refractivity contribution in [1.29, 1.82) is 0 Å². The van der Waals surface area contributed by atoms with Gasteiger partial charge in [-0.2, -0.15) is 5.10 Å². The lowest BCUT2D eigenvalue weighted by molar-refractivity contribution is -0.122. The fraction of sp³-hybridized carbons (Fsp3) is 0.200. The maximum Gasteiger partial charge on any atom is 0.240 e. The number of carbonyl (C=O) groups is 2. The number of phenolic OH excluding ortho intramolecular Hbond substituents is 1. The first-order valence-corrected chi connectivity index (χ1v) is 9.54. The van der Waals surface area contributed by atoms with Gasteiger partial charge in [0.1, 0.15) is 11.0 Å². The number of thioether (sulfide) groups is 1. The predicted octanol–water partition coefficient (Wildman–Crippen LogP) is 2.96. The van der Waals surface area contributed by atoms with Crippen LogP contribution in [0.1, 0.15) is 23.1 Å². The van der Waals surface area contributed by atoms with E-state index in [0.717, 1.165) is 16.8 Å². The van der Waals surface area contributed by atoms with E-state index in [4.69, 9.17) is 0 Å². The molecule has 0 aliphatic carbocycles. The topological polar surface area (TPSA) is 103 Å². The second-order valence-electron chi connectivity index (χ2n) is 6.34. The highest BCUT2D eigenvalue weighted by Gasteiger charge is 2.32. The Labute approximate surface area is 167 Å². The summed E-state index contributed by atoms with van der Waals surface area (Å²) in [6.07, 6.45) is 1.51. The molecule has 0 bridgehead atoms. The summed E-state index contributed by atoms with van der Waals surface area (Å²) >= 11 is 1.17. The molecule has 0 spiro atoms. The molecule has 0 aromatic heterocycles. The molecule has 0 saturated carbocycles. The SMILES string of the molecule is Cc1cccc(NC(=O)CC2S/C(=N/N=C\c3cccc(O)c3)NC2=O)c1C. The van der Waals surface area contributed by atoms with Crippen LogP contribution in [0.2, 0.25) is 0 Å². The smallest absolute Gasteiger partial charge is 0.240 e. The lowest BCUT2D eigenvalue weighted by Crippen LogP contribution is -2.28. The maximum atomic E-state index is 12.3. The molecule has 2 aromatic carbocycles. The van der Waals surface area contributed by atoms with Crippen molar-refractivity contribution in [3.63, 3.8) is 0 Å². The van der Waals surface area contributed by atoms with Crippen molar-refractivity contribution in [2.75, 3.05) is 5.32 Å². The molecule has 2 amide bonds. The first kappa shape index (κ1) is 19.6. The minimum Gasteiger partial charge on any atom is -0.508 e. The number of amides is 2. The van der Waals surface area contributed by atoms with Gasteiger partial charge in [0.05, 0.1) is 6.21 Å². The Hall–Kier alpha value is -3.13. The lowest BCUT2D eigenvalue weighted by atomic mass is 10.1. The third kappa shape index (κ3) is 4.98. The zero-order chi connectivity index (χ0) is 20.1. The van der Waals surface area contributed by atoms with Gasteiger partial charge in [0, 0.05) is 12.1 Å². The largest absolute Gasteiger partial charge is 0.508 e. The summed E-state index contributed by atoms with van der Waals surface area (Å²) in [6, 6.07) is 12.3. The molecule has 3 rings (SSSR count). The van der Waals surface area contributed by atoms with E-state index >= 15 is 0 Å². The third-order valence-electron chi connectivity index (χ3n) is 4.25. The van der Waals surface area contributed by atoms with Crippen molar-refractivity contribution < 1.29 is 14.7 Å². The van der Waals surface area contributed by atoms with Crippen LogP contribution in [0.5, 0.6) is 5.75 Å². The minimum atomic E-state index is -0.556. The average Bonchev–Trinajstić information content (AvgIpc) is 2.98.